The molecule has 0 radical (unpaired) electrons. The molecule has 0 aliphatic heterocycles. The highest BCUT2D eigenvalue weighted by Crippen LogP contribution is 2.53. The number of rotatable bonds is 6. The molecule has 1 heterocycles. The summed E-state index contributed by atoms with van der Waals surface area (Å²) in [6.07, 6.45) is 6.65. The number of thioether (sulfide) groups is 1. The Morgan fingerprint density at radius 2 is 1.82 bits per heavy atom. The van der Waals surface area contributed by atoms with Crippen LogP contribution in [0.25, 0.3) is 5.69 Å². The number of aromatic nitrogens is 4. The van der Waals surface area contributed by atoms with Gasteiger partial charge in [-0.3, -0.25) is 4.79 Å². The Morgan fingerprint density at radius 3 is 2.46 bits per heavy atom. The Labute approximate surface area is 168 Å². The van der Waals surface area contributed by atoms with Crippen molar-refractivity contribution >= 4 is 17.7 Å². The molecule has 0 unspecified atom stereocenters. The summed E-state index contributed by atoms with van der Waals surface area (Å²) in [5, 5.41) is 15.9. The Balaban J connectivity index is 1.20. The summed E-state index contributed by atoms with van der Waals surface area (Å²) < 4.78 is 6.84. The van der Waals surface area contributed by atoms with Crippen molar-refractivity contribution in [1.29, 1.82) is 0 Å². The Kier molecular flexibility index (Phi) is 4.74. The van der Waals surface area contributed by atoms with Crippen molar-refractivity contribution in [1.82, 2.24) is 25.5 Å². The number of carbonyl (C=O) groups excluding carboxylic acids is 1. The van der Waals surface area contributed by atoms with E-state index >= 15 is 0 Å². The highest BCUT2D eigenvalue weighted by molar-refractivity contribution is 7.99. The number of amides is 1. The number of nitrogens with one attached hydrogen (secondary N) is 1. The quantitative estimate of drug-likeness (QED) is 0.752. The van der Waals surface area contributed by atoms with Gasteiger partial charge in [0, 0.05) is 6.04 Å². The predicted molar refractivity (Wildman–Crippen MR) is 105 cm³/mol. The van der Waals surface area contributed by atoms with Crippen LogP contribution in [0.4, 0.5) is 0 Å². The predicted octanol–water partition coefficient (Wildman–Crippen LogP) is 2.70. The number of ether oxygens (including phenoxy) is 1. The molecule has 4 aliphatic carbocycles. The molecule has 0 saturated heterocycles. The first-order valence-electron chi connectivity index (χ1n) is 10.0. The monoisotopic (exact) mass is 399 g/mol. The number of hydrogen-bond donors (Lipinski definition) is 1. The summed E-state index contributed by atoms with van der Waals surface area (Å²) in [6, 6.07) is 7.90. The third kappa shape index (κ3) is 3.38. The maximum absolute atomic E-state index is 12.6. The van der Waals surface area contributed by atoms with Crippen LogP contribution in [0.1, 0.15) is 32.1 Å². The minimum atomic E-state index is 0.0896. The summed E-state index contributed by atoms with van der Waals surface area (Å²) in [5.74, 6) is 4.41. The van der Waals surface area contributed by atoms with Crippen LogP contribution in [0, 0.1) is 23.7 Å². The van der Waals surface area contributed by atoms with Gasteiger partial charge in [0.25, 0.3) is 0 Å². The minimum Gasteiger partial charge on any atom is -0.497 e. The van der Waals surface area contributed by atoms with Crippen molar-refractivity contribution in [3.63, 3.8) is 0 Å². The number of nitrogens with zero attached hydrogens (tertiary/aromatic N) is 4. The van der Waals surface area contributed by atoms with Crippen molar-refractivity contribution in [3.05, 3.63) is 24.3 Å². The Bertz CT molecular complexity index is 825. The zero-order chi connectivity index (χ0) is 19.1. The Morgan fingerprint density at radius 1 is 1.14 bits per heavy atom. The first-order chi connectivity index (χ1) is 13.7. The fourth-order valence-electron chi connectivity index (χ4n) is 5.67. The summed E-state index contributed by atoms with van der Waals surface area (Å²) in [4.78, 5) is 12.6. The van der Waals surface area contributed by atoms with Crippen molar-refractivity contribution < 1.29 is 9.53 Å². The van der Waals surface area contributed by atoms with Gasteiger partial charge < -0.3 is 10.1 Å². The molecule has 0 atom stereocenters. The van der Waals surface area contributed by atoms with E-state index in [4.69, 9.17) is 4.74 Å². The molecule has 1 aromatic heterocycles. The second kappa shape index (κ2) is 7.39. The van der Waals surface area contributed by atoms with E-state index in [9.17, 15) is 4.79 Å². The molecule has 1 aromatic carbocycles. The largest absolute Gasteiger partial charge is 0.497 e. The van der Waals surface area contributed by atoms with Crippen LogP contribution in [0.5, 0.6) is 5.75 Å². The number of methoxy groups -OCH3 is 1. The van der Waals surface area contributed by atoms with E-state index in [2.05, 4.69) is 20.8 Å². The number of carbonyl (C=O) groups is 1. The van der Waals surface area contributed by atoms with Crippen LogP contribution in [-0.2, 0) is 4.79 Å². The molecule has 4 fully saturated rings. The van der Waals surface area contributed by atoms with E-state index in [1.54, 1.807) is 11.8 Å². The van der Waals surface area contributed by atoms with Crippen molar-refractivity contribution in [2.24, 2.45) is 23.7 Å². The van der Waals surface area contributed by atoms with Crippen molar-refractivity contribution in [2.75, 3.05) is 12.9 Å². The van der Waals surface area contributed by atoms with Gasteiger partial charge in [-0.05, 0) is 90.5 Å². The molecule has 28 heavy (non-hydrogen) atoms. The Hall–Kier alpha value is -2.09. The summed E-state index contributed by atoms with van der Waals surface area (Å²) in [7, 11) is 1.63. The third-order valence-electron chi connectivity index (χ3n) is 6.64. The van der Waals surface area contributed by atoms with Crippen LogP contribution in [0.3, 0.4) is 0 Å². The lowest BCUT2D eigenvalue weighted by molar-refractivity contribution is -0.122. The SMILES string of the molecule is COc1ccc(-n2nnnc2SCC(=O)NC2C3CC4CC(C3)CC2C4)cc1. The average molecular weight is 400 g/mol. The fourth-order valence-corrected chi connectivity index (χ4v) is 6.37. The van der Waals surface area contributed by atoms with E-state index < -0.39 is 0 Å². The molecule has 2 aromatic rings. The molecule has 0 spiro atoms. The first kappa shape index (κ1) is 18.0. The number of tetrazole rings is 1. The van der Waals surface area contributed by atoms with Gasteiger partial charge in [0.15, 0.2) is 0 Å². The highest BCUT2D eigenvalue weighted by atomic mass is 32.2. The summed E-state index contributed by atoms with van der Waals surface area (Å²) >= 11 is 1.38. The van der Waals surface area contributed by atoms with Crippen molar-refractivity contribution in [2.45, 2.75) is 43.3 Å². The third-order valence-corrected chi connectivity index (χ3v) is 7.56. The maximum Gasteiger partial charge on any atom is 0.230 e. The summed E-state index contributed by atoms with van der Waals surface area (Å²) in [5.41, 5.74) is 0.842. The highest BCUT2D eigenvalue weighted by Gasteiger charge is 2.48. The van der Waals surface area contributed by atoms with Crippen LogP contribution in [-0.4, -0.2) is 45.0 Å². The zero-order valence-electron chi connectivity index (χ0n) is 16.0. The molecule has 4 bridgehead atoms. The lowest BCUT2D eigenvalue weighted by atomic mass is 9.54. The molecular formula is C20H25N5O2S. The normalized spacial score (nSPS) is 30.4. The lowest BCUT2D eigenvalue weighted by Gasteiger charge is -2.54. The standard InChI is InChI=1S/C20H25N5O2S/c1-27-17-4-2-16(3-5-17)25-20(22-23-24-25)28-11-18(26)21-19-14-7-12-6-13(9-14)10-15(19)8-12/h2-5,12-15,19H,6-11H2,1H3,(H,21,26). The summed E-state index contributed by atoms with van der Waals surface area (Å²) in [6.45, 7) is 0. The smallest absolute Gasteiger partial charge is 0.230 e. The van der Waals surface area contributed by atoms with Gasteiger partial charge in [-0.25, -0.2) is 0 Å². The second-order valence-electron chi connectivity index (χ2n) is 8.38. The van der Waals surface area contributed by atoms with Gasteiger partial charge in [-0.15, -0.1) is 5.10 Å². The van der Waals surface area contributed by atoms with Crippen LogP contribution in [0.2, 0.25) is 0 Å². The number of hydrogen-bond acceptors (Lipinski definition) is 6. The molecule has 148 valence electrons. The van der Waals surface area contributed by atoms with E-state index in [1.807, 2.05) is 24.3 Å². The van der Waals surface area contributed by atoms with Gasteiger partial charge in [-0.2, -0.15) is 4.68 Å². The maximum atomic E-state index is 12.6. The van der Waals surface area contributed by atoms with E-state index in [0.717, 1.165) is 23.3 Å². The van der Waals surface area contributed by atoms with Crippen LogP contribution in [0.15, 0.2) is 29.4 Å². The fraction of sp³-hybridized carbons (Fsp3) is 0.600. The second-order valence-corrected chi connectivity index (χ2v) is 9.33. The van der Waals surface area contributed by atoms with Gasteiger partial charge in [-0.1, -0.05) is 11.8 Å². The number of benzene rings is 1. The molecule has 4 saturated carbocycles. The lowest BCUT2D eigenvalue weighted by Crippen LogP contribution is -2.56. The van der Waals surface area contributed by atoms with Crippen LogP contribution < -0.4 is 10.1 Å². The minimum absolute atomic E-state index is 0.0896. The molecule has 6 rings (SSSR count). The van der Waals surface area contributed by atoms with Gasteiger partial charge >= 0.3 is 0 Å². The average Bonchev–Trinajstić information content (AvgIpc) is 3.17. The zero-order valence-corrected chi connectivity index (χ0v) is 16.8. The molecular weight excluding hydrogens is 374 g/mol. The van der Waals surface area contributed by atoms with Crippen LogP contribution >= 0.6 is 11.8 Å². The molecule has 7 nitrogen and oxygen atoms in total. The van der Waals surface area contributed by atoms with Gasteiger partial charge in [0.2, 0.25) is 11.1 Å². The molecule has 1 amide bonds. The molecule has 4 aliphatic rings. The molecule has 8 heteroatoms. The van der Waals surface area contributed by atoms with Crippen molar-refractivity contribution in [3.8, 4) is 11.4 Å². The van der Waals surface area contributed by atoms with E-state index in [0.29, 0.717) is 28.8 Å². The first-order valence-corrected chi connectivity index (χ1v) is 11.0. The van der Waals surface area contributed by atoms with Gasteiger partial charge in [0.1, 0.15) is 5.75 Å². The van der Waals surface area contributed by atoms with E-state index in [-0.39, 0.29) is 5.91 Å². The van der Waals surface area contributed by atoms with E-state index in [1.165, 1.54) is 43.9 Å². The topological polar surface area (TPSA) is 81.9 Å². The van der Waals surface area contributed by atoms with Gasteiger partial charge in [0.05, 0.1) is 18.6 Å². The molecule has 1 N–H and O–H groups in total.